The number of imidazole rings is 1. The van der Waals surface area contributed by atoms with Gasteiger partial charge in [0.15, 0.2) is 5.82 Å². The molecule has 1 N–H and O–H groups in total. The first-order valence-electron chi connectivity index (χ1n) is 9.07. The summed E-state index contributed by atoms with van der Waals surface area (Å²) in [6.45, 7) is 8.89. The highest BCUT2D eigenvalue weighted by Crippen LogP contribution is 2.33. The van der Waals surface area contributed by atoms with Crippen LogP contribution in [0.4, 0.5) is 5.82 Å². The lowest BCUT2D eigenvalue weighted by molar-refractivity contribution is 0.453. The number of rotatable bonds is 3. The van der Waals surface area contributed by atoms with Crippen molar-refractivity contribution < 1.29 is 0 Å². The van der Waals surface area contributed by atoms with Crippen LogP contribution in [0.2, 0.25) is 0 Å². The van der Waals surface area contributed by atoms with E-state index in [0.29, 0.717) is 12.0 Å². The van der Waals surface area contributed by atoms with E-state index >= 15 is 0 Å². The van der Waals surface area contributed by atoms with E-state index in [1.165, 1.54) is 36.9 Å². The summed E-state index contributed by atoms with van der Waals surface area (Å²) in [7, 11) is 0. The second-order valence-corrected chi connectivity index (χ2v) is 7.20. The summed E-state index contributed by atoms with van der Waals surface area (Å²) in [5.41, 5.74) is 3.60. The zero-order valence-electron chi connectivity index (χ0n) is 15.1. The van der Waals surface area contributed by atoms with Crippen molar-refractivity contribution in [1.29, 1.82) is 0 Å². The van der Waals surface area contributed by atoms with Gasteiger partial charge in [0.25, 0.3) is 0 Å². The van der Waals surface area contributed by atoms with Gasteiger partial charge in [-0.2, -0.15) is 0 Å². The second kappa shape index (κ2) is 8.56. The number of hydrogen-bond donors (Lipinski definition) is 1. The first-order valence-corrected chi connectivity index (χ1v) is 9.07. The largest absolute Gasteiger partial charge is 0.355 e. The minimum absolute atomic E-state index is 0. The number of piperidine rings is 1. The van der Waals surface area contributed by atoms with E-state index in [1.54, 1.807) is 0 Å². The Balaban J connectivity index is 0.00000113. The first kappa shape index (κ1) is 20.3. The number of anilines is 1. The van der Waals surface area contributed by atoms with Gasteiger partial charge in [-0.15, -0.1) is 24.8 Å². The smallest absolute Gasteiger partial charge is 0.157 e. The van der Waals surface area contributed by atoms with Crippen LogP contribution in [0, 0.1) is 0 Å². The van der Waals surface area contributed by atoms with Gasteiger partial charge in [0, 0.05) is 30.7 Å². The third kappa shape index (κ3) is 3.88. The predicted octanol–water partition coefficient (Wildman–Crippen LogP) is 3.92. The summed E-state index contributed by atoms with van der Waals surface area (Å²) in [6, 6.07) is 2.73. The average molecular weight is 386 g/mol. The summed E-state index contributed by atoms with van der Waals surface area (Å²) in [5, 5.41) is 3.46. The van der Waals surface area contributed by atoms with Gasteiger partial charge in [0.05, 0.1) is 11.8 Å². The Kier molecular flexibility index (Phi) is 6.94. The summed E-state index contributed by atoms with van der Waals surface area (Å²) in [6.07, 6.45) is 6.90. The van der Waals surface area contributed by atoms with Gasteiger partial charge in [-0.25, -0.2) is 9.97 Å². The molecule has 4 heterocycles. The molecule has 2 saturated heterocycles. The van der Waals surface area contributed by atoms with Gasteiger partial charge < -0.3 is 14.8 Å². The van der Waals surface area contributed by atoms with Crippen LogP contribution in [0.3, 0.4) is 0 Å². The number of nitrogens with zero attached hydrogens (tertiary/aromatic N) is 4. The number of pyridine rings is 1. The monoisotopic (exact) mass is 385 g/mol. The molecule has 0 saturated carbocycles. The molecule has 0 bridgehead atoms. The number of nitrogens with one attached hydrogen (secondary N) is 1. The summed E-state index contributed by atoms with van der Waals surface area (Å²) >= 11 is 0. The van der Waals surface area contributed by atoms with Crippen molar-refractivity contribution >= 4 is 41.7 Å². The van der Waals surface area contributed by atoms with Crippen LogP contribution in [0.5, 0.6) is 0 Å². The molecule has 0 unspecified atom stereocenters. The molecule has 4 rings (SSSR count). The zero-order valence-corrected chi connectivity index (χ0v) is 16.7. The molecular weight excluding hydrogens is 357 g/mol. The molecule has 0 aromatic carbocycles. The first-order chi connectivity index (χ1) is 11.2. The molecule has 0 aliphatic carbocycles. The van der Waals surface area contributed by atoms with E-state index < -0.39 is 0 Å². The Morgan fingerprint density at radius 1 is 1.12 bits per heavy atom. The fourth-order valence-corrected chi connectivity index (χ4v) is 3.92. The molecule has 140 valence electrons. The molecule has 2 aromatic rings. The SMILES string of the molecule is CC(C)n1cnc2c(N3CCCC3)nc(C3CCNCC3)cc21.Cl.Cl. The third-order valence-electron chi connectivity index (χ3n) is 5.28. The van der Waals surface area contributed by atoms with E-state index in [0.717, 1.165) is 37.5 Å². The molecule has 0 radical (unpaired) electrons. The number of aromatic nitrogens is 3. The van der Waals surface area contributed by atoms with Crippen LogP contribution in [0.15, 0.2) is 12.4 Å². The molecule has 7 heteroatoms. The van der Waals surface area contributed by atoms with Crippen molar-refractivity contribution in [2.75, 3.05) is 31.1 Å². The Morgan fingerprint density at radius 2 is 1.80 bits per heavy atom. The van der Waals surface area contributed by atoms with Gasteiger partial charge in [-0.3, -0.25) is 0 Å². The van der Waals surface area contributed by atoms with E-state index in [9.17, 15) is 0 Å². The van der Waals surface area contributed by atoms with Gasteiger partial charge >= 0.3 is 0 Å². The van der Waals surface area contributed by atoms with Gasteiger partial charge in [0.1, 0.15) is 5.52 Å². The standard InChI is InChI=1S/C18H27N5.2ClH/c1-13(2)23-12-20-17-16(23)11-15(14-5-7-19-8-6-14)21-18(17)22-9-3-4-10-22;;/h11-14,19H,3-10H2,1-2H3;2*1H. The maximum atomic E-state index is 5.10. The van der Waals surface area contributed by atoms with Crippen molar-refractivity contribution in [1.82, 2.24) is 19.9 Å². The van der Waals surface area contributed by atoms with Crippen molar-refractivity contribution in [3.63, 3.8) is 0 Å². The van der Waals surface area contributed by atoms with Crippen molar-refractivity contribution in [3.05, 3.63) is 18.1 Å². The molecule has 2 aromatic heterocycles. The summed E-state index contributed by atoms with van der Waals surface area (Å²) in [4.78, 5) is 12.3. The predicted molar refractivity (Wildman–Crippen MR) is 109 cm³/mol. The summed E-state index contributed by atoms with van der Waals surface area (Å²) in [5.74, 6) is 1.70. The molecular formula is C18H29Cl2N5. The normalized spacial score (nSPS) is 18.4. The fraction of sp³-hybridized carbons (Fsp3) is 0.667. The highest BCUT2D eigenvalue weighted by Gasteiger charge is 2.24. The molecule has 2 aliphatic heterocycles. The third-order valence-corrected chi connectivity index (χ3v) is 5.28. The molecule has 25 heavy (non-hydrogen) atoms. The van der Waals surface area contributed by atoms with E-state index in [4.69, 9.17) is 9.97 Å². The molecule has 0 amide bonds. The number of fused-ring (bicyclic) bond motifs is 1. The van der Waals surface area contributed by atoms with Crippen LogP contribution >= 0.6 is 24.8 Å². The number of halogens is 2. The van der Waals surface area contributed by atoms with E-state index in [-0.39, 0.29) is 24.8 Å². The Labute approximate surface area is 162 Å². The summed E-state index contributed by atoms with van der Waals surface area (Å²) < 4.78 is 2.29. The average Bonchev–Trinajstić information content (AvgIpc) is 3.24. The van der Waals surface area contributed by atoms with Crippen LogP contribution in [-0.2, 0) is 0 Å². The maximum absolute atomic E-state index is 5.10. The van der Waals surface area contributed by atoms with Crippen LogP contribution in [-0.4, -0.2) is 40.7 Å². The minimum Gasteiger partial charge on any atom is -0.355 e. The van der Waals surface area contributed by atoms with Gasteiger partial charge in [-0.05, 0) is 58.7 Å². The topological polar surface area (TPSA) is 46.0 Å². The van der Waals surface area contributed by atoms with Crippen molar-refractivity contribution in [3.8, 4) is 0 Å². The van der Waals surface area contributed by atoms with Gasteiger partial charge in [0.2, 0.25) is 0 Å². The van der Waals surface area contributed by atoms with Crippen LogP contribution in [0.25, 0.3) is 11.0 Å². The molecule has 5 nitrogen and oxygen atoms in total. The Morgan fingerprint density at radius 3 is 2.44 bits per heavy atom. The van der Waals surface area contributed by atoms with E-state index in [1.807, 2.05) is 6.33 Å². The van der Waals surface area contributed by atoms with Crippen LogP contribution < -0.4 is 10.2 Å². The Bertz CT molecular complexity index is 688. The molecule has 0 atom stereocenters. The lowest BCUT2D eigenvalue weighted by atomic mass is 9.94. The maximum Gasteiger partial charge on any atom is 0.157 e. The lowest BCUT2D eigenvalue weighted by Crippen LogP contribution is -2.27. The second-order valence-electron chi connectivity index (χ2n) is 7.20. The van der Waals surface area contributed by atoms with Crippen molar-refractivity contribution in [2.45, 2.75) is 51.5 Å². The highest BCUT2D eigenvalue weighted by molar-refractivity contribution is 5.87. The molecule has 0 spiro atoms. The molecule has 2 fully saturated rings. The minimum atomic E-state index is 0. The van der Waals surface area contributed by atoms with Gasteiger partial charge in [-0.1, -0.05) is 0 Å². The quantitative estimate of drug-likeness (QED) is 0.869. The highest BCUT2D eigenvalue weighted by atomic mass is 35.5. The molecule has 2 aliphatic rings. The van der Waals surface area contributed by atoms with Crippen LogP contribution in [0.1, 0.15) is 57.2 Å². The van der Waals surface area contributed by atoms with E-state index in [2.05, 4.69) is 34.7 Å². The fourth-order valence-electron chi connectivity index (χ4n) is 3.92. The number of hydrogen-bond acceptors (Lipinski definition) is 4. The van der Waals surface area contributed by atoms with Crippen molar-refractivity contribution in [2.24, 2.45) is 0 Å². The lowest BCUT2D eigenvalue weighted by Gasteiger charge is -2.25. The zero-order chi connectivity index (χ0) is 15.8. The Hall–Kier alpha value is -1.04.